The predicted molar refractivity (Wildman–Crippen MR) is 157 cm³/mol. The molecule has 4 aromatic rings. The third-order valence-electron chi connectivity index (χ3n) is 4.97. The van der Waals surface area contributed by atoms with Crippen LogP contribution in [0, 0.1) is 22.7 Å². The highest BCUT2D eigenvalue weighted by Crippen LogP contribution is 2.41. The summed E-state index contributed by atoms with van der Waals surface area (Å²) in [4.78, 5) is 11.1. The number of thioether (sulfide) groups is 1. The normalized spacial score (nSPS) is 12.7. The lowest BCUT2D eigenvalue weighted by Crippen LogP contribution is -2.15. The van der Waals surface area contributed by atoms with Crippen LogP contribution in [0.5, 0.6) is 0 Å². The van der Waals surface area contributed by atoms with Crippen molar-refractivity contribution >= 4 is 74.8 Å². The van der Waals surface area contributed by atoms with Crippen molar-refractivity contribution in [3.63, 3.8) is 0 Å². The zero-order valence-electron chi connectivity index (χ0n) is 19.3. The largest absolute Gasteiger partial charge is 0.244 e. The van der Waals surface area contributed by atoms with E-state index in [0.717, 1.165) is 20.3 Å². The van der Waals surface area contributed by atoms with E-state index in [1.807, 2.05) is 35.9 Å². The number of aromatic nitrogens is 1. The number of hydrogen-bond donors (Lipinski definition) is 0. The van der Waals surface area contributed by atoms with Gasteiger partial charge in [0.25, 0.3) is 0 Å². The topological polar surface area (TPSA) is 60.5 Å². The van der Waals surface area contributed by atoms with Crippen LogP contribution in [-0.2, 0) is 0 Å². The number of rotatable bonds is 8. The minimum Gasteiger partial charge on any atom is -0.244 e. The summed E-state index contributed by atoms with van der Waals surface area (Å²) in [5, 5.41) is 23.9. The Labute approximate surface area is 226 Å². The quantitative estimate of drug-likeness (QED) is 0.206. The molecule has 174 valence electrons. The van der Waals surface area contributed by atoms with E-state index in [1.165, 1.54) is 30.8 Å². The third-order valence-corrected chi connectivity index (χ3v) is 10.5. The number of hydrogen-bond acceptors (Lipinski definition) is 8. The molecule has 0 bridgehead atoms. The standard InChI is InChI=1S/C27H21N3S5/c1-4-12-32-27(2,3)19(17-29)15-21-6-8-23(34-21)25-10-9-24(35-25)22-7-5-20(33-22)14-18(16-28)26-30-11-13-31-26/h4-15H,1-3H3/b12-4-,18-14+,19-15+. The van der Waals surface area contributed by atoms with Crippen LogP contribution in [-0.4, -0.2) is 9.73 Å². The number of allylic oxidation sites excluding steroid dienone is 2. The van der Waals surface area contributed by atoms with E-state index in [-0.39, 0.29) is 4.75 Å². The molecule has 4 heterocycles. The van der Waals surface area contributed by atoms with Crippen LogP contribution in [0.4, 0.5) is 0 Å². The lowest BCUT2D eigenvalue weighted by molar-refractivity contribution is 0.871. The molecule has 0 aliphatic heterocycles. The number of thiophene rings is 3. The summed E-state index contributed by atoms with van der Waals surface area (Å²) in [6.07, 6.45) is 7.62. The van der Waals surface area contributed by atoms with Crippen LogP contribution in [0.2, 0.25) is 0 Å². The molecule has 4 aromatic heterocycles. The molecule has 0 N–H and O–H groups in total. The van der Waals surface area contributed by atoms with Crippen molar-refractivity contribution in [3.05, 3.63) is 79.8 Å². The van der Waals surface area contributed by atoms with Crippen molar-refractivity contribution in [2.75, 3.05) is 0 Å². The van der Waals surface area contributed by atoms with Gasteiger partial charge in [0.2, 0.25) is 0 Å². The Balaban J connectivity index is 1.54. The summed E-state index contributed by atoms with van der Waals surface area (Å²) < 4.78 is -0.280. The van der Waals surface area contributed by atoms with Crippen molar-refractivity contribution in [2.24, 2.45) is 0 Å². The van der Waals surface area contributed by atoms with Crippen LogP contribution in [0.25, 0.3) is 37.2 Å². The van der Waals surface area contributed by atoms with Gasteiger partial charge in [-0.2, -0.15) is 10.5 Å². The molecule has 3 nitrogen and oxygen atoms in total. The van der Waals surface area contributed by atoms with Crippen molar-refractivity contribution in [3.8, 4) is 31.6 Å². The molecule has 0 aliphatic rings. The van der Waals surface area contributed by atoms with E-state index >= 15 is 0 Å². The average molecular weight is 548 g/mol. The molecule has 0 aliphatic carbocycles. The second kappa shape index (κ2) is 11.3. The fraction of sp³-hybridized carbons (Fsp3) is 0.148. The molecular weight excluding hydrogens is 527 g/mol. The van der Waals surface area contributed by atoms with Gasteiger partial charge in [0, 0.05) is 51.2 Å². The molecule has 0 amide bonds. The van der Waals surface area contributed by atoms with Gasteiger partial charge in [0.1, 0.15) is 11.1 Å². The highest BCUT2D eigenvalue weighted by atomic mass is 32.2. The van der Waals surface area contributed by atoms with E-state index in [9.17, 15) is 10.5 Å². The minimum atomic E-state index is -0.280. The Bertz CT molecular complexity index is 1480. The molecule has 4 rings (SSSR count). The van der Waals surface area contributed by atoms with E-state index in [0.29, 0.717) is 5.57 Å². The first-order chi connectivity index (χ1) is 16.9. The van der Waals surface area contributed by atoms with Crippen molar-refractivity contribution < 1.29 is 0 Å². The predicted octanol–water partition coefficient (Wildman–Crippen LogP) is 9.68. The molecule has 8 heteroatoms. The maximum absolute atomic E-state index is 9.73. The van der Waals surface area contributed by atoms with Crippen LogP contribution >= 0.6 is 57.1 Å². The fourth-order valence-corrected chi connectivity index (χ4v) is 7.55. The molecule has 0 radical (unpaired) electrons. The fourth-order valence-electron chi connectivity index (χ4n) is 3.15. The monoisotopic (exact) mass is 547 g/mol. The van der Waals surface area contributed by atoms with E-state index < -0.39 is 0 Å². The van der Waals surface area contributed by atoms with Gasteiger partial charge in [-0.1, -0.05) is 6.08 Å². The Morgan fingerprint density at radius 3 is 2.03 bits per heavy atom. The van der Waals surface area contributed by atoms with Crippen molar-refractivity contribution in [2.45, 2.75) is 25.5 Å². The zero-order valence-corrected chi connectivity index (χ0v) is 23.4. The summed E-state index contributed by atoms with van der Waals surface area (Å²) in [7, 11) is 0. The van der Waals surface area contributed by atoms with Gasteiger partial charge < -0.3 is 0 Å². The first kappa shape index (κ1) is 25.4. The average Bonchev–Trinajstić information content (AvgIpc) is 3.66. The second-order valence-corrected chi connectivity index (χ2v) is 13.6. The smallest absolute Gasteiger partial charge is 0.133 e. The number of thiazole rings is 1. The SMILES string of the molecule is C/C=C\SC(C)(C)/C(C#N)=C/c1ccc(-c2ccc(-c3ccc(/C=C(\C#N)c4nccs4)s3)s2)s1. The second-order valence-electron chi connectivity index (χ2n) is 7.84. The summed E-state index contributed by atoms with van der Waals surface area (Å²) in [5.41, 5.74) is 1.35. The van der Waals surface area contributed by atoms with Gasteiger partial charge in [-0.25, -0.2) is 4.98 Å². The maximum Gasteiger partial charge on any atom is 0.133 e. The maximum atomic E-state index is 9.73. The third kappa shape index (κ3) is 6.10. The van der Waals surface area contributed by atoms with Gasteiger partial charge in [-0.3, -0.25) is 0 Å². The van der Waals surface area contributed by atoms with Crippen LogP contribution in [0.3, 0.4) is 0 Å². The molecule has 0 atom stereocenters. The van der Waals surface area contributed by atoms with Gasteiger partial charge >= 0.3 is 0 Å². The Kier molecular flexibility index (Phi) is 8.22. The Morgan fingerprint density at radius 2 is 1.49 bits per heavy atom. The molecule has 0 fully saturated rings. The van der Waals surface area contributed by atoms with Crippen molar-refractivity contribution in [1.29, 1.82) is 10.5 Å². The lowest BCUT2D eigenvalue weighted by Gasteiger charge is -2.21. The molecular formula is C27H21N3S5. The lowest BCUT2D eigenvalue weighted by atomic mass is 10.0. The molecule has 0 aromatic carbocycles. The van der Waals surface area contributed by atoms with E-state index in [2.05, 4.69) is 67.4 Å². The summed E-state index contributed by atoms with van der Waals surface area (Å²) in [6, 6.07) is 17.3. The van der Waals surface area contributed by atoms with E-state index in [4.69, 9.17) is 0 Å². The summed E-state index contributed by atoms with van der Waals surface area (Å²) >= 11 is 8.25. The van der Waals surface area contributed by atoms with Crippen LogP contribution in [0.1, 0.15) is 35.5 Å². The van der Waals surface area contributed by atoms with Crippen LogP contribution in [0.15, 0.2) is 65.0 Å². The Morgan fingerprint density at radius 1 is 0.886 bits per heavy atom. The Hall–Kier alpha value is -2.72. The van der Waals surface area contributed by atoms with Crippen molar-refractivity contribution in [1.82, 2.24) is 4.98 Å². The van der Waals surface area contributed by atoms with Gasteiger partial charge in [-0.05, 0) is 74.7 Å². The minimum absolute atomic E-state index is 0.280. The van der Waals surface area contributed by atoms with Gasteiger partial charge in [0.05, 0.1) is 11.6 Å². The first-order valence-electron chi connectivity index (χ1n) is 10.7. The van der Waals surface area contributed by atoms with Crippen LogP contribution < -0.4 is 0 Å². The summed E-state index contributed by atoms with van der Waals surface area (Å²) in [5.74, 6) is 0. The molecule has 0 spiro atoms. The molecule has 35 heavy (non-hydrogen) atoms. The first-order valence-corrected chi connectivity index (χ1v) is 14.9. The van der Waals surface area contributed by atoms with Gasteiger partial charge in [0.15, 0.2) is 0 Å². The highest BCUT2D eigenvalue weighted by molar-refractivity contribution is 8.03. The molecule has 0 saturated heterocycles. The van der Waals surface area contributed by atoms with Gasteiger partial charge in [-0.15, -0.1) is 57.1 Å². The summed E-state index contributed by atoms with van der Waals surface area (Å²) in [6.45, 7) is 6.14. The zero-order chi connectivity index (χ0) is 24.8. The number of nitrogens with zero attached hydrogens (tertiary/aromatic N) is 3. The van der Waals surface area contributed by atoms with E-state index in [1.54, 1.807) is 52.0 Å². The molecule has 0 saturated carbocycles. The highest BCUT2D eigenvalue weighted by Gasteiger charge is 2.23. The molecule has 0 unspecified atom stereocenters. The number of nitriles is 2.